The maximum atomic E-state index is 12.5. The van der Waals surface area contributed by atoms with Gasteiger partial charge in [0, 0.05) is 6.20 Å². The topological polar surface area (TPSA) is 85.7 Å². The minimum absolute atomic E-state index is 0.00726. The summed E-state index contributed by atoms with van der Waals surface area (Å²) in [6.07, 6.45) is -3.82. The second kappa shape index (κ2) is 6.14. The number of hydrogen-bond donors (Lipinski definition) is 0. The molecule has 1 aliphatic rings. The van der Waals surface area contributed by atoms with Crippen LogP contribution in [0.2, 0.25) is 0 Å². The molecule has 0 bridgehead atoms. The van der Waals surface area contributed by atoms with E-state index in [2.05, 4.69) is 4.84 Å². The smallest absolute Gasteiger partial charge is 0.324 e. The second-order valence-corrected chi connectivity index (χ2v) is 5.30. The number of carbonyl (C=O) groups excluding carboxylic acids is 3. The van der Waals surface area contributed by atoms with E-state index in [9.17, 15) is 32.3 Å². The van der Waals surface area contributed by atoms with Crippen LogP contribution in [0.5, 0.6) is 0 Å². The highest BCUT2D eigenvalue weighted by molar-refractivity contribution is 6.21. The molecule has 0 saturated heterocycles. The van der Waals surface area contributed by atoms with Crippen molar-refractivity contribution in [1.82, 2.24) is 9.63 Å². The largest absolute Gasteiger partial charge is 0.406 e. The summed E-state index contributed by atoms with van der Waals surface area (Å²) in [6.45, 7) is -1.60. The van der Waals surface area contributed by atoms with Crippen LogP contribution in [0.4, 0.5) is 13.2 Å². The molecular weight excluding hydrogens is 357 g/mol. The Balaban J connectivity index is 1.86. The molecule has 0 unspecified atom stereocenters. The fourth-order valence-corrected chi connectivity index (χ4v) is 2.39. The highest BCUT2D eigenvalue weighted by Crippen LogP contribution is 2.23. The lowest BCUT2D eigenvalue weighted by Gasteiger charge is -2.13. The van der Waals surface area contributed by atoms with E-state index in [0.29, 0.717) is 0 Å². The van der Waals surface area contributed by atoms with Gasteiger partial charge in [0.25, 0.3) is 17.4 Å². The average molecular weight is 366 g/mol. The molecule has 7 nitrogen and oxygen atoms in total. The first-order valence-corrected chi connectivity index (χ1v) is 7.15. The Hall–Kier alpha value is -3.43. The number of benzene rings is 1. The number of hydrogen-bond acceptors (Lipinski definition) is 5. The third-order valence-electron chi connectivity index (χ3n) is 3.52. The summed E-state index contributed by atoms with van der Waals surface area (Å²) in [4.78, 5) is 53.0. The van der Waals surface area contributed by atoms with Gasteiger partial charge in [0.2, 0.25) is 0 Å². The molecule has 0 radical (unpaired) electrons. The molecule has 2 aromatic rings. The lowest BCUT2D eigenvalue weighted by Crippen LogP contribution is -2.36. The summed E-state index contributed by atoms with van der Waals surface area (Å²) in [7, 11) is 0. The Morgan fingerprint density at radius 1 is 0.962 bits per heavy atom. The number of amides is 2. The third-order valence-corrected chi connectivity index (χ3v) is 3.52. The van der Waals surface area contributed by atoms with Crippen LogP contribution in [0.25, 0.3) is 0 Å². The average Bonchev–Trinajstić information content (AvgIpc) is 2.81. The molecule has 134 valence electrons. The van der Waals surface area contributed by atoms with Crippen molar-refractivity contribution >= 4 is 17.8 Å². The molecule has 2 amide bonds. The minimum atomic E-state index is -4.67. The number of halogens is 3. The Morgan fingerprint density at radius 2 is 1.54 bits per heavy atom. The molecule has 1 aromatic heterocycles. The summed E-state index contributed by atoms with van der Waals surface area (Å²) in [5.41, 5.74) is -1.99. The molecule has 1 aliphatic heterocycles. The van der Waals surface area contributed by atoms with Gasteiger partial charge in [-0.25, -0.2) is 4.79 Å². The molecule has 0 atom stereocenters. The zero-order chi connectivity index (χ0) is 19.1. The van der Waals surface area contributed by atoms with E-state index in [1.54, 1.807) is 0 Å². The van der Waals surface area contributed by atoms with Crippen molar-refractivity contribution in [1.29, 1.82) is 0 Å². The fraction of sp³-hybridized carbons (Fsp3) is 0.125. The van der Waals surface area contributed by atoms with Crippen molar-refractivity contribution < 1.29 is 32.4 Å². The van der Waals surface area contributed by atoms with Gasteiger partial charge in [0.15, 0.2) is 0 Å². The van der Waals surface area contributed by atoms with Crippen molar-refractivity contribution in [2.75, 3.05) is 0 Å². The second-order valence-electron chi connectivity index (χ2n) is 5.30. The summed E-state index contributed by atoms with van der Waals surface area (Å²) in [5.74, 6) is -3.24. The van der Waals surface area contributed by atoms with E-state index >= 15 is 0 Å². The maximum Gasteiger partial charge on any atom is 0.406 e. The van der Waals surface area contributed by atoms with Gasteiger partial charge in [0.05, 0.1) is 11.1 Å². The standard InChI is InChI=1S/C16H9F3N2O5/c17-16(18,19)8-20-7-3-6-11(12(20)22)15(25)26-21-13(23)9-4-1-2-5-10(9)14(21)24/h1-7H,8H2. The number of fused-ring (bicyclic) bond motifs is 1. The molecule has 3 rings (SSSR count). The van der Waals surface area contributed by atoms with Crippen molar-refractivity contribution in [2.24, 2.45) is 0 Å². The molecule has 0 N–H and O–H groups in total. The van der Waals surface area contributed by atoms with Crippen LogP contribution >= 0.6 is 0 Å². The highest BCUT2D eigenvalue weighted by Gasteiger charge is 2.39. The first kappa shape index (κ1) is 17.4. The number of hydroxylamine groups is 2. The molecule has 0 fully saturated rings. The van der Waals surface area contributed by atoms with E-state index in [-0.39, 0.29) is 20.8 Å². The molecule has 26 heavy (non-hydrogen) atoms. The van der Waals surface area contributed by atoms with E-state index < -0.39 is 41.6 Å². The van der Waals surface area contributed by atoms with E-state index in [1.807, 2.05) is 0 Å². The number of aromatic nitrogens is 1. The van der Waals surface area contributed by atoms with E-state index in [0.717, 1.165) is 18.3 Å². The lowest BCUT2D eigenvalue weighted by atomic mass is 10.1. The summed E-state index contributed by atoms with van der Waals surface area (Å²) in [6, 6.07) is 7.69. The van der Waals surface area contributed by atoms with Crippen LogP contribution in [0, 0.1) is 0 Å². The molecule has 0 saturated carbocycles. The first-order valence-electron chi connectivity index (χ1n) is 7.15. The number of pyridine rings is 1. The predicted molar refractivity (Wildman–Crippen MR) is 79.1 cm³/mol. The van der Waals surface area contributed by atoms with Crippen LogP contribution in [-0.4, -0.2) is 33.6 Å². The van der Waals surface area contributed by atoms with Crippen LogP contribution in [0.3, 0.4) is 0 Å². The number of carbonyl (C=O) groups is 3. The van der Waals surface area contributed by atoms with Crippen LogP contribution in [0.15, 0.2) is 47.4 Å². The monoisotopic (exact) mass is 366 g/mol. The van der Waals surface area contributed by atoms with Gasteiger partial charge >= 0.3 is 12.1 Å². The van der Waals surface area contributed by atoms with Crippen LogP contribution in [0.1, 0.15) is 31.1 Å². The maximum absolute atomic E-state index is 12.5. The zero-order valence-corrected chi connectivity index (χ0v) is 12.8. The molecule has 10 heteroatoms. The van der Waals surface area contributed by atoms with Gasteiger partial charge < -0.3 is 9.40 Å². The van der Waals surface area contributed by atoms with Crippen molar-refractivity contribution in [3.8, 4) is 0 Å². The number of alkyl halides is 3. The molecule has 2 heterocycles. The third kappa shape index (κ3) is 3.08. The summed E-state index contributed by atoms with van der Waals surface area (Å²) >= 11 is 0. The summed E-state index contributed by atoms with van der Waals surface area (Å²) < 4.78 is 37.7. The SMILES string of the molecule is O=C(ON1C(=O)c2ccccc2C1=O)c1cccn(CC(F)(F)F)c1=O. The van der Waals surface area contributed by atoms with Gasteiger partial charge in [-0.3, -0.25) is 14.4 Å². The fourth-order valence-electron chi connectivity index (χ4n) is 2.39. The first-order chi connectivity index (χ1) is 12.2. The summed E-state index contributed by atoms with van der Waals surface area (Å²) in [5, 5.41) is 0.174. The van der Waals surface area contributed by atoms with Gasteiger partial charge in [0.1, 0.15) is 12.1 Å². The van der Waals surface area contributed by atoms with Crippen LogP contribution < -0.4 is 5.56 Å². The Morgan fingerprint density at radius 3 is 2.08 bits per heavy atom. The van der Waals surface area contributed by atoms with E-state index in [4.69, 9.17) is 0 Å². The quantitative estimate of drug-likeness (QED) is 0.773. The molecule has 1 aromatic carbocycles. The van der Waals surface area contributed by atoms with Crippen molar-refractivity contribution in [3.05, 3.63) is 69.6 Å². The Bertz CT molecular complexity index is 945. The number of nitrogens with zero attached hydrogens (tertiary/aromatic N) is 2. The van der Waals surface area contributed by atoms with Gasteiger partial charge in [-0.15, -0.1) is 0 Å². The van der Waals surface area contributed by atoms with Gasteiger partial charge in [-0.05, 0) is 24.3 Å². The molecule has 0 spiro atoms. The van der Waals surface area contributed by atoms with Crippen LogP contribution in [-0.2, 0) is 11.4 Å². The Kier molecular flexibility index (Phi) is 4.10. The highest BCUT2D eigenvalue weighted by atomic mass is 19.4. The minimum Gasteiger partial charge on any atom is -0.324 e. The van der Waals surface area contributed by atoms with Gasteiger partial charge in [-0.1, -0.05) is 17.2 Å². The number of rotatable bonds is 3. The predicted octanol–water partition coefficient (Wildman–Crippen LogP) is 1.78. The zero-order valence-electron chi connectivity index (χ0n) is 12.8. The molecular formula is C16H9F3N2O5. The Labute approximate surface area is 143 Å². The van der Waals surface area contributed by atoms with E-state index in [1.165, 1.54) is 24.3 Å². The normalized spacial score (nSPS) is 13.7. The lowest BCUT2D eigenvalue weighted by molar-refractivity contribution is -0.141. The number of imide groups is 1. The van der Waals surface area contributed by atoms with Crippen molar-refractivity contribution in [2.45, 2.75) is 12.7 Å². The van der Waals surface area contributed by atoms with Crippen molar-refractivity contribution in [3.63, 3.8) is 0 Å². The molecule has 0 aliphatic carbocycles. The van der Waals surface area contributed by atoms with Gasteiger partial charge in [-0.2, -0.15) is 13.2 Å².